The minimum absolute atomic E-state index is 0.187. The fourth-order valence-corrected chi connectivity index (χ4v) is 2.98. The quantitative estimate of drug-likeness (QED) is 0.907. The lowest BCUT2D eigenvalue weighted by atomic mass is 10.1. The Bertz CT molecular complexity index is 781. The van der Waals surface area contributed by atoms with Crippen molar-refractivity contribution in [3.8, 4) is 0 Å². The van der Waals surface area contributed by atoms with Crippen LogP contribution in [0.5, 0.6) is 0 Å². The largest absolute Gasteiger partial charge is 0.366 e. The average molecular weight is 304 g/mol. The maximum absolute atomic E-state index is 12.3. The van der Waals surface area contributed by atoms with E-state index in [0.29, 0.717) is 16.8 Å². The molecule has 0 heterocycles. The minimum atomic E-state index is -3.65. The lowest BCUT2D eigenvalue weighted by molar-refractivity contribution is 0.1000. The molecule has 0 aliphatic rings. The average Bonchev–Trinajstić information content (AvgIpc) is 2.41. The zero-order valence-corrected chi connectivity index (χ0v) is 12.6. The molecule has 6 heteroatoms. The summed E-state index contributed by atoms with van der Waals surface area (Å²) >= 11 is 0. The second-order valence-corrected chi connectivity index (χ2v) is 6.49. The van der Waals surface area contributed by atoms with Gasteiger partial charge in [-0.1, -0.05) is 17.7 Å². The van der Waals surface area contributed by atoms with Crippen LogP contribution in [0.25, 0.3) is 0 Å². The lowest BCUT2D eigenvalue weighted by Crippen LogP contribution is -2.15. The molecule has 0 fully saturated rings. The highest BCUT2D eigenvalue weighted by atomic mass is 32.2. The first-order valence-corrected chi connectivity index (χ1v) is 7.78. The normalized spacial score (nSPS) is 11.1. The van der Waals surface area contributed by atoms with Gasteiger partial charge in [-0.2, -0.15) is 0 Å². The first-order valence-electron chi connectivity index (χ1n) is 6.29. The monoisotopic (exact) mass is 304 g/mol. The van der Waals surface area contributed by atoms with Crippen molar-refractivity contribution >= 4 is 21.6 Å². The van der Waals surface area contributed by atoms with E-state index in [-0.39, 0.29) is 4.90 Å². The van der Waals surface area contributed by atoms with Crippen molar-refractivity contribution in [2.45, 2.75) is 18.7 Å². The number of sulfonamides is 1. The van der Waals surface area contributed by atoms with Crippen LogP contribution in [0.1, 0.15) is 21.5 Å². The van der Waals surface area contributed by atoms with Gasteiger partial charge in [0, 0.05) is 5.56 Å². The van der Waals surface area contributed by atoms with E-state index in [1.807, 2.05) is 6.92 Å². The molecule has 0 aromatic heterocycles. The molecule has 1 amide bonds. The molecule has 2 rings (SSSR count). The number of hydrogen-bond acceptors (Lipinski definition) is 3. The highest BCUT2D eigenvalue weighted by molar-refractivity contribution is 7.92. The second-order valence-electron chi connectivity index (χ2n) is 4.81. The molecule has 2 aromatic rings. The third kappa shape index (κ3) is 3.41. The highest BCUT2D eigenvalue weighted by Crippen LogP contribution is 2.21. The van der Waals surface area contributed by atoms with Gasteiger partial charge in [-0.15, -0.1) is 0 Å². The molecule has 0 aliphatic heterocycles. The third-order valence-electron chi connectivity index (χ3n) is 3.09. The Kier molecular flexibility index (Phi) is 3.99. The van der Waals surface area contributed by atoms with E-state index in [4.69, 9.17) is 5.73 Å². The van der Waals surface area contributed by atoms with Crippen molar-refractivity contribution in [2.75, 3.05) is 4.72 Å². The first-order chi connectivity index (χ1) is 9.79. The van der Waals surface area contributed by atoms with Crippen LogP contribution in [0.3, 0.4) is 0 Å². The maximum Gasteiger partial charge on any atom is 0.261 e. The number of primary amides is 1. The number of amides is 1. The molecule has 0 saturated heterocycles. The number of nitrogens with two attached hydrogens (primary N) is 1. The van der Waals surface area contributed by atoms with E-state index in [2.05, 4.69) is 4.72 Å². The van der Waals surface area contributed by atoms with E-state index in [0.717, 1.165) is 5.56 Å². The van der Waals surface area contributed by atoms with Crippen LogP contribution in [0.4, 0.5) is 5.69 Å². The van der Waals surface area contributed by atoms with Gasteiger partial charge in [0.25, 0.3) is 10.0 Å². The van der Waals surface area contributed by atoms with Gasteiger partial charge in [-0.25, -0.2) is 8.42 Å². The summed E-state index contributed by atoms with van der Waals surface area (Å²) in [6.07, 6.45) is 0. The number of carbonyl (C=O) groups excluding carboxylic acids is 1. The number of anilines is 1. The van der Waals surface area contributed by atoms with Gasteiger partial charge < -0.3 is 5.73 Å². The molecule has 5 nitrogen and oxygen atoms in total. The van der Waals surface area contributed by atoms with Crippen LogP contribution in [-0.2, 0) is 10.0 Å². The Morgan fingerprint density at radius 2 is 1.67 bits per heavy atom. The van der Waals surface area contributed by atoms with Crippen molar-refractivity contribution in [3.05, 3.63) is 59.2 Å². The van der Waals surface area contributed by atoms with E-state index in [9.17, 15) is 13.2 Å². The third-order valence-corrected chi connectivity index (χ3v) is 4.47. The van der Waals surface area contributed by atoms with Gasteiger partial charge in [0.1, 0.15) is 0 Å². The van der Waals surface area contributed by atoms with E-state index in [1.54, 1.807) is 37.3 Å². The SMILES string of the molecule is Cc1ccc(S(=O)(=O)Nc2ccc(C(N)=O)cc2C)cc1. The molecule has 0 radical (unpaired) electrons. The summed E-state index contributed by atoms with van der Waals surface area (Å²) in [4.78, 5) is 11.3. The standard InChI is InChI=1S/C15H16N2O3S/c1-10-3-6-13(7-4-10)21(19,20)17-14-8-5-12(15(16)18)9-11(14)2/h3-9,17H,1-2H3,(H2,16,18). The number of rotatable bonds is 4. The molecule has 0 spiro atoms. The molecule has 0 aliphatic carbocycles. The molecule has 0 saturated carbocycles. The van der Waals surface area contributed by atoms with Gasteiger partial charge >= 0.3 is 0 Å². The molecule has 0 unspecified atom stereocenters. The molecule has 21 heavy (non-hydrogen) atoms. The predicted octanol–water partition coefficient (Wildman–Crippen LogP) is 2.20. The van der Waals surface area contributed by atoms with E-state index in [1.165, 1.54) is 12.1 Å². The minimum Gasteiger partial charge on any atom is -0.366 e. The number of benzene rings is 2. The summed E-state index contributed by atoms with van der Waals surface area (Å²) in [5.41, 5.74) is 7.55. The Morgan fingerprint density at radius 3 is 2.19 bits per heavy atom. The summed E-state index contributed by atoms with van der Waals surface area (Å²) in [5, 5.41) is 0. The number of aryl methyl sites for hydroxylation is 2. The first kappa shape index (κ1) is 15.1. The van der Waals surface area contributed by atoms with Crippen LogP contribution in [-0.4, -0.2) is 14.3 Å². The molecule has 0 atom stereocenters. The molecular weight excluding hydrogens is 288 g/mol. The molecular formula is C15H16N2O3S. The molecule has 2 aromatic carbocycles. The Labute approximate surface area is 123 Å². The van der Waals surface area contributed by atoms with Gasteiger partial charge in [0.2, 0.25) is 5.91 Å². The van der Waals surface area contributed by atoms with Crippen molar-refractivity contribution < 1.29 is 13.2 Å². The Hall–Kier alpha value is -2.34. The van der Waals surface area contributed by atoms with Gasteiger partial charge in [-0.3, -0.25) is 9.52 Å². The fourth-order valence-electron chi connectivity index (χ4n) is 1.85. The van der Waals surface area contributed by atoms with E-state index < -0.39 is 15.9 Å². The van der Waals surface area contributed by atoms with Crippen molar-refractivity contribution in [3.63, 3.8) is 0 Å². The second kappa shape index (κ2) is 5.57. The van der Waals surface area contributed by atoms with Crippen LogP contribution in [0, 0.1) is 13.8 Å². The van der Waals surface area contributed by atoms with Crippen molar-refractivity contribution in [2.24, 2.45) is 5.73 Å². The van der Waals surface area contributed by atoms with Gasteiger partial charge in [0.05, 0.1) is 10.6 Å². The van der Waals surface area contributed by atoms with Crippen LogP contribution in [0.2, 0.25) is 0 Å². The van der Waals surface area contributed by atoms with E-state index >= 15 is 0 Å². The number of carbonyl (C=O) groups is 1. The Balaban J connectivity index is 2.32. The molecule has 110 valence electrons. The van der Waals surface area contributed by atoms with Crippen LogP contribution in [0.15, 0.2) is 47.4 Å². The molecule has 3 N–H and O–H groups in total. The van der Waals surface area contributed by atoms with Gasteiger partial charge in [0.15, 0.2) is 0 Å². The van der Waals surface area contributed by atoms with Gasteiger partial charge in [-0.05, 0) is 49.7 Å². The summed E-state index contributed by atoms with van der Waals surface area (Å²) in [7, 11) is -3.65. The summed E-state index contributed by atoms with van der Waals surface area (Å²) in [6, 6.07) is 11.1. The van der Waals surface area contributed by atoms with Crippen molar-refractivity contribution in [1.82, 2.24) is 0 Å². The number of hydrogen-bond donors (Lipinski definition) is 2. The summed E-state index contributed by atoms with van der Waals surface area (Å²) < 4.78 is 27.1. The lowest BCUT2D eigenvalue weighted by Gasteiger charge is -2.11. The molecule has 0 bridgehead atoms. The topological polar surface area (TPSA) is 89.3 Å². The smallest absolute Gasteiger partial charge is 0.261 e. The summed E-state index contributed by atoms with van der Waals surface area (Å²) in [6.45, 7) is 3.59. The highest BCUT2D eigenvalue weighted by Gasteiger charge is 2.15. The maximum atomic E-state index is 12.3. The predicted molar refractivity (Wildman–Crippen MR) is 81.7 cm³/mol. The van der Waals surface area contributed by atoms with Crippen LogP contribution < -0.4 is 10.5 Å². The Morgan fingerprint density at radius 1 is 1.05 bits per heavy atom. The zero-order valence-electron chi connectivity index (χ0n) is 11.8. The van der Waals surface area contributed by atoms with Crippen molar-refractivity contribution in [1.29, 1.82) is 0 Å². The zero-order chi connectivity index (χ0) is 15.6. The number of nitrogens with one attached hydrogen (secondary N) is 1. The van der Waals surface area contributed by atoms with Crippen LogP contribution >= 0.6 is 0 Å². The fraction of sp³-hybridized carbons (Fsp3) is 0.133. The summed E-state index contributed by atoms with van der Waals surface area (Å²) in [5.74, 6) is -0.550.